The monoisotopic (exact) mass is 179 g/mol. The quantitative estimate of drug-likeness (QED) is 0.375. The second kappa shape index (κ2) is 11.5. The Morgan fingerprint density at radius 2 is 1.62 bits per heavy atom. The molecule has 0 N–H and O–H groups in total. The fourth-order valence-corrected chi connectivity index (χ4v) is 1.30. The van der Waals surface area contributed by atoms with Gasteiger partial charge in [0.05, 0.1) is 0 Å². The van der Waals surface area contributed by atoms with E-state index in [2.05, 4.69) is 26.0 Å². The minimum Gasteiger partial charge on any atom is -0.0845 e. The number of rotatable bonds is 8. The highest BCUT2D eigenvalue weighted by Gasteiger charge is 1.87. The Morgan fingerprint density at radius 3 is 2.31 bits per heavy atom. The fourth-order valence-electron chi connectivity index (χ4n) is 1.30. The van der Waals surface area contributed by atoms with Gasteiger partial charge in [0.1, 0.15) is 0 Å². The van der Waals surface area contributed by atoms with Crippen molar-refractivity contribution in [2.45, 2.75) is 51.9 Å². The normalized spacial score (nSPS) is 11.8. The summed E-state index contributed by atoms with van der Waals surface area (Å²) < 4.78 is 0. The summed E-state index contributed by atoms with van der Waals surface area (Å²) in [5, 5.41) is 0. The van der Waals surface area contributed by atoms with Crippen molar-refractivity contribution in [1.29, 1.82) is 0 Å². The maximum absolute atomic E-state index is 3.62. The third-order valence-corrected chi connectivity index (χ3v) is 2.11. The lowest BCUT2D eigenvalue weighted by Gasteiger charge is -1.97. The Kier molecular flexibility index (Phi) is 11.0. The van der Waals surface area contributed by atoms with Crippen LogP contribution < -0.4 is 0 Å². The van der Waals surface area contributed by atoms with Crippen LogP contribution in [0.1, 0.15) is 51.9 Å². The lowest BCUT2D eigenvalue weighted by atomic mass is 10.1. The van der Waals surface area contributed by atoms with Crippen LogP contribution in [-0.4, -0.2) is 0 Å². The van der Waals surface area contributed by atoms with Gasteiger partial charge in [0.25, 0.3) is 0 Å². The molecule has 0 aromatic rings. The summed E-state index contributed by atoms with van der Waals surface area (Å²) in [5.74, 6) is 0. The van der Waals surface area contributed by atoms with Crippen LogP contribution in [0.15, 0.2) is 24.3 Å². The van der Waals surface area contributed by atoms with Gasteiger partial charge >= 0.3 is 0 Å². The van der Waals surface area contributed by atoms with E-state index >= 15 is 0 Å². The van der Waals surface area contributed by atoms with Gasteiger partial charge < -0.3 is 0 Å². The third kappa shape index (κ3) is 11.5. The molecule has 0 bridgehead atoms. The van der Waals surface area contributed by atoms with Crippen LogP contribution in [0.2, 0.25) is 0 Å². The first-order valence-corrected chi connectivity index (χ1v) is 5.52. The van der Waals surface area contributed by atoms with Crippen LogP contribution in [0, 0.1) is 6.92 Å². The highest BCUT2D eigenvalue weighted by atomic mass is 13.9. The molecule has 0 amide bonds. The van der Waals surface area contributed by atoms with Crippen LogP contribution in [0.4, 0.5) is 0 Å². The van der Waals surface area contributed by atoms with E-state index in [9.17, 15) is 0 Å². The molecule has 0 aromatic heterocycles. The molecule has 0 atom stereocenters. The minimum absolute atomic E-state index is 1.22. The molecule has 0 aliphatic heterocycles. The van der Waals surface area contributed by atoms with E-state index in [1.807, 2.05) is 12.2 Å². The molecule has 0 heterocycles. The Balaban J connectivity index is 2.99. The molecule has 0 aromatic carbocycles. The summed E-state index contributed by atoms with van der Waals surface area (Å²) in [6.45, 7) is 5.88. The van der Waals surface area contributed by atoms with Crippen molar-refractivity contribution >= 4 is 0 Å². The van der Waals surface area contributed by atoms with E-state index in [4.69, 9.17) is 0 Å². The third-order valence-electron chi connectivity index (χ3n) is 2.11. The molecule has 0 aliphatic carbocycles. The van der Waals surface area contributed by atoms with E-state index < -0.39 is 0 Å². The number of hydrogen-bond acceptors (Lipinski definition) is 0. The van der Waals surface area contributed by atoms with Crippen molar-refractivity contribution in [2.75, 3.05) is 0 Å². The predicted octanol–water partition coefficient (Wildman–Crippen LogP) is 4.68. The van der Waals surface area contributed by atoms with E-state index in [1.165, 1.54) is 44.9 Å². The summed E-state index contributed by atoms with van der Waals surface area (Å²) in [6.07, 6.45) is 17.6. The summed E-state index contributed by atoms with van der Waals surface area (Å²) in [4.78, 5) is 0. The summed E-state index contributed by atoms with van der Waals surface area (Å²) in [5.41, 5.74) is 0. The second-order valence-corrected chi connectivity index (χ2v) is 3.41. The molecule has 0 fully saturated rings. The zero-order chi connectivity index (χ0) is 9.78. The molecule has 1 radical (unpaired) electrons. The van der Waals surface area contributed by atoms with Crippen molar-refractivity contribution in [3.05, 3.63) is 31.2 Å². The van der Waals surface area contributed by atoms with Crippen molar-refractivity contribution in [3.63, 3.8) is 0 Å². The zero-order valence-corrected chi connectivity index (χ0v) is 8.97. The first-order chi connectivity index (χ1) is 6.41. The highest BCUT2D eigenvalue weighted by molar-refractivity contribution is 5.03. The Morgan fingerprint density at radius 1 is 0.923 bits per heavy atom. The van der Waals surface area contributed by atoms with Gasteiger partial charge in [-0.25, -0.2) is 0 Å². The first-order valence-electron chi connectivity index (χ1n) is 5.52. The number of hydrogen-bond donors (Lipinski definition) is 0. The fraction of sp³-hybridized carbons (Fsp3) is 0.615. The SMILES string of the molecule is [CH2]C=CC=CCCCCCCCC. The van der Waals surface area contributed by atoms with Gasteiger partial charge in [-0.2, -0.15) is 0 Å². The molecule has 0 saturated heterocycles. The molecule has 0 rings (SSSR count). The number of allylic oxidation sites excluding steroid dienone is 4. The van der Waals surface area contributed by atoms with Gasteiger partial charge in [0, 0.05) is 0 Å². The summed E-state index contributed by atoms with van der Waals surface area (Å²) in [6, 6.07) is 0. The van der Waals surface area contributed by atoms with Gasteiger partial charge in [-0.05, 0) is 19.8 Å². The predicted molar refractivity (Wildman–Crippen MR) is 61.6 cm³/mol. The summed E-state index contributed by atoms with van der Waals surface area (Å²) in [7, 11) is 0. The van der Waals surface area contributed by atoms with Crippen molar-refractivity contribution in [1.82, 2.24) is 0 Å². The van der Waals surface area contributed by atoms with Gasteiger partial charge in [-0.15, -0.1) is 0 Å². The largest absolute Gasteiger partial charge is 0.0845 e. The Hall–Kier alpha value is -0.520. The van der Waals surface area contributed by atoms with Crippen LogP contribution in [0.5, 0.6) is 0 Å². The molecule has 0 saturated carbocycles. The highest BCUT2D eigenvalue weighted by Crippen LogP contribution is 2.06. The van der Waals surface area contributed by atoms with Crippen LogP contribution in [0.3, 0.4) is 0 Å². The molecule has 0 heteroatoms. The molecule has 75 valence electrons. The lowest BCUT2D eigenvalue weighted by Crippen LogP contribution is -1.77. The minimum atomic E-state index is 1.22. The maximum atomic E-state index is 3.62. The Labute approximate surface area is 83.7 Å². The number of unbranched alkanes of at least 4 members (excludes halogenated alkanes) is 6. The maximum Gasteiger partial charge on any atom is -0.0313 e. The molecule has 0 spiro atoms. The van der Waals surface area contributed by atoms with Gasteiger partial charge in [0.2, 0.25) is 0 Å². The topological polar surface area (TPSA) is 0 Å². The van der Waals surface area contributed by atoms with Crippen molar-refractivity contribution in [2.24, 2.45) is 0 Å². The average Bonchev–Trinajstić information content (AvgIpc) is 2.16. The summed E-state index contributed by atoms with van der Waals surface area (Å²) >= 11 is 0. The molecule has 13 heavy (non-hydrogen) atoms. The lowest BCUT2D eigenvalue weighted by molar-refractivity contribution is 0.611. The molecule has 0 nitrogen and oxygen atoms in total. The molecular weight excluding hydrogens is 156 g/mol. The van der Waals surface area contributed by atoms with Crippen LogP contribution >= 0.6 is 0 Å². The van der Waals surface area contributed by atoms with Gasteiger partial charge in [-0.3, -0.25) is 0 Å². The van der Waals surface area contributed by atoms with Crippen LogP contribution in [-0.2, 0) is 0 Å². The van der Waals surface area contributed by atoms with E-state index in [0.717, 1.165) is 0 Å². The van der Waals surface area contributed by atoms with Crippen molar-refractivity contribution in [3.8, 4) is 0 Å². The standard InChI is InChI=1S/C13H23/c1-3-5-7-9-11-13-12-10-8-6-4-2/h3,5,7,9H,1,4,6,8,10-13H2,2H3. The Bertz CT molecular complexity index is 131. The smallest absolute Gasteiger partial charge is 0.0313 e. The molecule has 0 unspecified atom stereocenters. The van der Waals surface area contributed by atoms with Gasteiger partial charge in [-0.1, -0.05) is 63.3 Å². The molecule has 0 aliphatic rings. The van der Waals surface area contributed by atoms with E-state index in [-0.39, 0.29) is 0 Å². The average molecular weight is 179 g/mol. The van der Waals surface area contributed by atoms with Gasteiger partial charge in [0.15, 0.2) is 0 Å². The van der Waals surface area contributed by atoms with E-state index in [1.54, 1.807) is 0 Å². The van der Waals surface area contributed by atoms with Crippen LogP contribution in [0.25, 0.3) is 0 Å². The zero-order valence-electron chi connectivity index (χ0n) is 8.97. The first kappa shape index (κ1) is 12.5. The molecular formula is C13H23. The van der Waals surface area contributed by atoms with Crippen molar-refractivity contribution < 1.29 is 0 Å². The van der Waals surface area contributed by atoms with E-state index in [0.29, 0.717) is 0 Å². The second-order valence-electron chi connectivity index (χ2n) is 3.41.